The van der Waals surface area contributed by atoms with Gasteiger partial charge >= 0.3 is 5.97 Å². The lowest BCUT2D eigenvalue weighted by atomic mass is 9.95. The maximum atomic E-state index is 11.3. The van der Waals surface area contributed by atoms with Crippen LogP contribution >= 0.6 is 0 Å². The number of nitrogens with one attached hydrogen (secondary N) is 1. The fourth-order valence-corrected chi connectivity index (χ4v) is 2.44. The van der Waals surface area contributed by atoms with Crippen molar-refractivity contribution in [3.8, 4) is 0 Å². The summed E-state index contributed by atoms with van der Waals surface area (Å²) >= 11 is 0. The molecule has 3 heteroatoms. The van der Waals surface area contributed by atoms with E-state index in [2.05, 4.69) is 5.32 Å². The summed E-state index contributed by atoms with van der Waals surface area (Å²) in [4.78, 5) is 11.3. The van der Waals surface area contributed by atoms with Crippen LogP contribution in [0, 0.1) is 0 Å². The Morgan fingerprint density at radius 1 is 1.06 bits per heavy atom. The zero-order valence-electron chi connectivity index (χ0n) is 9.81. The van der Waals surface area contributed by atoms with Crippen LogP contribution in [0.3, 0.4) is 0 Å². The van der Waals surface area contributed by atoms with Crippen molar-refractivity contribution in [3.05, 3.63) is 64.7 Å². The molecule has 18 heavy (non-hydrogen) atoms. The molecule has 0 fully saturated rings. The van der Waals surface area contributed by atoms with Crippen LogP contribution in [0.1, 0.15) is 27.0 Å². The first-order chi connectivity index (χ1) is 8.75. The molecular weight excluding hydrogens is 226 g/mol. The Bertz CT molecular complexity index is 620. The third-order valence-corrected chi connectivity index (χ3v) is 3.36. The molecule has 2 N–H and O–H groups in total. The van der Waals surface area contributed by atoms with Gasteiger partial charge in [0.1, 0.15) is 0 Å². The number of hydrogen-bond donors (Lipinski definition) is 2. The van der Waals surface area contributed by atoms with E-state index in [0.29, 0.717) is 18.5 Å². The van der Waals surface area contributed by atoms with Gasteiger partial charge in [0.25, 0.3) is 0 Å². The van der Waals surface area contributed by atoms with Crippen LogP contribution in [0.4, 0.5) is 5.69 Å². The second-order valence-corrected chi connectivity index (χ2v) is 4.44. The molecule has 0 saturated heterocycles. The molecule has 2 aromatic carbocycles. The monoisotopic (exact) mass is 239 g/mol. The third kappa shape index (κ3) is 1.74. The Labute approximate surface area is 105 Å². The highest BCUT2D eigenvalue weighted by molar-refractivity contribution is 5.90. The van der Waals surface area contributed by atoms with Crippen molar-refractivity contribution < 1.29 is 9.90 Å². The van der Waals surface area contributed by atoms with Crippen molar-refractivity contribution in [2.75, 3.05) is 5.32 Å². The molecule has 0 aromatic heterocycles. The summed E-state index contributed by atoms with van der Waals surface area (Å²) in [5, 5.41) is 12.6. The molecule has 0 amide bonds. The molecule has 0 unspecified atom stereocenters. The van der Waals surface area contributed by atoms with Gasteiger partial charge in [0.05, 0.1) is 5.56 Å². The lowest BCUT2D eigenvalue weighted by molar-refractivity contribution is 0.0695. The number of carbonyl (C=O) groups is 1. The normalized spacial score (nSPS) is 12.9. The number of anilines is 1. The summed E-state index contributed by atoms with van der Waals surface area (Å²) in [5.41, 5.74) is 4.62. The van der Waals surface area contributed by atoms with E-state index in [-0.39, 0.29) is 0 Å². The van der Waals surface area contributed by atoms with Crippen molar-refractivity contribution in [2.24, 2.45) is 0 Å². The maximum Gasteiger partial charge on any atom is 0.335 e. The van der Waals surface area contributed by atoms with Gasteiger partial charge in [-0.3, -0.25) is 0 Å². The van der Waals surface area contributed by atoms with Crippen molar-refractivity contribution in [1.82, 2.24) is 0 Å². The van der Waals surface area contributed by atoms with Gasteiger partial charge in [-0.2, -0.15) is 0 Å². The smallest absolute Gasteiger partial charge is 0.335 e. The highest BCUT2D eigenvalue weighted by Crippen LogP contribution is 2.28. The largest absolute Gasteiger partial charge is 0.478 e. The molecule has 3 nitrogen and oxygen atoms in total. The first kappa shape index (κ1) is 10.8. The maximum absolute atomic E-state index is 11.3. The van der Waals surface area contributed by atoms with Crippen molar-refractivity contribution in [2.45, 2.75) is 13.0 Å². The van der Waals surface area contributed by atoms with E-state index >= 15 is 0 Å². The summed E-state index contributed by atoms with van der Waals surface area (Å²) in [7, 11) is 0. The van der Waals surface area contributed by atoms with Gasteiger partial charge in [0.15, 0.2) is 0 Å². The molecule has 90 valence electrons. The summed E-state index contributed by atoms with van der Waals surface area (Å²) < 4.78 is 0. The van der Waals surface area contributed by atoms with Crippen LogP contribution in [-0.2, 0) is 13.0 Å². The Morgan fingerprint density at radius 2 is 1.83 bits per heavy atom. The minimum atomic E-state index is -0.855. The number of fused-ring (bicyclic) bond motifs is 2. The summed E-state index contributed by atoms with van der Waals surface area (Å²) in [5.74, 6) is -0.855. The number of carboxylic acid groups (broad SMARTS) is 1. The minimum absolute atomic E-state index is 0.408. The second kappa shape index (κ2) is 4.18. The molecule has 3 rings (SSSR count). The summed E-state index contributed by atoms with van der Waals surface area (Å²) in [6, 6.07) is 13.5. The van der Waals surface area contributed by atoms with E-state index in [4.69, 9.17) is 0 Å². The van der Waals surface area contributed by atoms with Gasteiger partial charge in [0, 0.05) is 18.7 Å². The summed E-state index contributed by atoms with van der Waals surface area (Å²) in [6.07, 6.45) is 0.668. The Balaban J connectivity index is 2.15. The molecule has 2 aromatic rings. The number of aromatic carboxylic acids is 1. The van der Waals surface area contributed by atoms with Gasteiger partial charge in [-0.15, -0.1) is 0 Å². The van der Waals surface area contributed by atoms with Crippen LogP contribution < -0.4 is 5.32 Å². The highest BCUT2D eigenvalue weighted by Gasteiger charge is 2.18. The fourth-order valence-electron chi connectivity index (χ4n) is 2.44. The molecule has 0 bridgehead atoms. The number of rotatable bonds is 1. The van der Waals surface area contributed by atoms with Crippen LogP contribution in [-0.4, -0.2) is 11.1 Å². The topological polar surface area (TPSA) is 49.3 Å². The molecule has 0 spiro atoms. The predicted octanol–water partition coefficient (Wildman–Crippen LogP) is 2.90. The van der Waals surface area contributed by atoms with Gasteiger partial charge in [-0.25, -0.2) is 4.79 Å². The lowest BCUT2D eigenvalue weighted by Crippen LogP contribution is -2.06. The number of benzene rings is 2. The van der Waals surface area contributed by atoms with Crippen LogP contribution in [0.15, 0.2) is 42.5 Å². The zero-order chi connectivity index (χ0) is 12.5. The molecule has 1 aliphatic rings. The average molecular weight is 239 g/mol. The molecule has 0 aliphatic carbocycles. The molecule has 0 saturated carbocycles. The predicted molar refractivity (Wildman–Crippen MR) is 70.0 cm³/mol. The van der Waals surface area contributed by atoms with Crippen LogP contribution in [0.5, 0.6) is 0 Å². The Hall–Kier alpha value is -2.29. The van der Waals surface area contributed by atoms with Gasteiger partial charge in [0.2, 0.25) is 0 Å². The molecule has 0 atom stereocenters. The number of hydrogen-bond acceptors (Lipinski definition) is 2. The van der Waals surface area contributed by atoms with Crippen molar-refractivity contribution in [3.63, 3.8) is 0 Å². The van der Waals surface area contributed by atoms with Crippen LogP contribution in [0.25, 0.3) is 0 Å². The number of carboxylic acids is 1. The minimum Gasteiger partial charge on any atom is -0.478 e. The molecule has 0 radical (unpaired) electrons. The third-order valence-electron chi connectivity index (χ3n) is 3.36. The van der Waals surface area contributed by atoms with Gasteiger partial charge < -0.3 is 10.4 Å². The average Bonchev–Trinajstić information content (AvgIpc) is 2.57. The Morgan fingerprint density at radius 3 is 2.67 bits per heavy atom. The highest BCUT2D eigenvalue weighted by atomic mass is 16.4. The first-order valence-electron chi connectivity index (χ1n) is 5.91. The lowest BCUT2D eigenvalue weighted by Gasteiger charge is -2.08. The van der Waals surface area contributed by atoms with Crippen molar-refractivity contribution >= 4 is 11.7 Å². The Kier molecular flexibility index (Phi) is 2.52. The van der Waals surface area contributed by atoms with Gasteiger partial charge in [-0.1, -0.05) is 30.3 Å². The molecule has 1 heterocycles. The van der Waals surface area contributed by atoms with E-state index in [1.54, 1.807) is 12.1 Å². The summed E-state index contributed by atoms with van der Waals surface area (Å²) in [6.45, 7) is 0.674. The molecule has 1 aliphatic heterocycles. The second-order valence-electron chi connectivity index (χ2n) is 4.44. The van der Waals surface area contributed by atoms with Crippen LogP contribution in [0.2, 0.25) is 0 Å². The standard InChI is InChI=1S/C15H13NO2/c17-15(18)12-6-3-5-11-9-16-14-7-2-1-4-10(14)8-13(11)12/h1-7,16H,8-9H2,(H,17,18). The van der Waals surface area contributed by atoms with E-state index < -0.39 is 5.97 Å². The molecular formula is C15H13NO2. The quantitative estimate of drug-likeness (QED) is 0.804. The van der Waals surface area contributed by atoms with E-state index in [1.807, 2.05) is 30.3 Å². The van der Waals surface area contributed by atoms with E-state index in [9.17, 15) is 9.90 Å². The fraction of sp³-hybridized carbons (Fsp3) is 0.133. The van der Waals surface area contributed by atoms with E-state index in [0.717, 1.165) is 22.4 Å². The van der Waals surface area contributed by atoms with Crippen molar-refractivity contribution in [1.29, 1.82) is 0 Å². The van der Waals surface area contributed by atoms with E-state index in [1.165, 1.54) is 0 Å². The van der Waals surface area contributed by atoms with Gasteiger partial charge in [-0.05, 0) is 28.8 Å². The number of para-hydroxylation sites is 1. The zero-order valence-corrected chi connectivity index (χ0v) is 9.81. The first-order valence-corrected chi connectivity index (χ1v) is 5.91. The SMILES string of the molecule is O=C(O)c1cccc2c1Cc1ccccc1NC2.